The second-order valence-corrected chi connectivity index (χ2v) is 5.18. The van der Waals surface area contributed by atoms with Crippen LogP contribution in [-0.2, 0) is 0 Å². The van der Waals surface area contributed by atoms with Gasteiger partial charge >= 0.3 is 0 Å². The lowest BCUT2D eigenvalue weighted by Crippen LogP contribution is -2.09. The minimum absolute atomic E-state index is 0.621. The molecule has 0 amide bonds. The van der Waals surface area contributed by atoms with Crippen LogP contribution >= 0.6 is 0 Å². The van der Waals surface area contributed by atoms with Gasteiger partial charge in [0.15, 0.2) is 0 Å². The van der Waals surface area contributed by atoms with E-state index in [0.717, 1.165) is 11.4 Å². The van der Waals surface area contributed by atoms with Crippen LogP contribution in [0.15, 0.2) is 54.8 Å². The van der Waals surface area contributed by atoms with Gasteiger partial charge in [0.05, 0.1) is 0 Å². The molecule has 1 aromatic carbocycles. The van der Waals surface area contributed by atoms with E-state index < -0.39 is 0 Å². The second-order valence-electron chi connectivity index (χ2n) is 5.18. The summed E-state index contributed by atoms with van der Waals surface area (Å²) in [6, 6.07) is 10.2. The third-order valence-corrected chi connectivity index (χ3v) is 3.80. The third-order valence-electron chi connectivity index (χ3n) is 3.80. The molecule has 1 N–H and O–H groups in total. The lowest BCUT2D eigenvalue weighted by atomic mass is 9.91. The summed E-state index contributed by atoms with van der Waals surface area (Å²) in [7, 11) is 0. The summed E-state index contributed by atoms with van der Waals surface area (Å²) in [5.74, 6) is 0.621. The molecule has 0 aromatic heterocycles. The highest BCUT2D eigenvalue weighted by molar-refractivity contribution is 5.52. The molecule has 1 saturated carbocycles. The van der Waals surface area contributed by atoms with Gasteiger partial charge in [0.1, 0.15) is 0 Å². The predicted octanol–water partition coefficient (Wildman–Crippen LogP) is 5.14. The Morgan fingerprint density at radius 3 is 2.17 bits per heavy atom. The fraction of sp³-hybridized carbons (Fsp3) is 0.412. The van der Waals surface area contributed by atoms with Crippen molar-refractivity contribution in [3.05, 3.63) is 54.8 Å². The molecule has 1 nitrogen and oxygen atoms in total. The van der Waals surface area contributed by atoms with Gasteiger partial charge in [0, 0.05) is 11.4 Å². The van der Waals surface area contributed by atoms with Gasteiger partial charge in [-0.15, -0.1) is 0 Å². The van der Waals surface area contributed by atoms with Crippen molar-refractivity contribution < 1.29 is 0 Å². The summed E-state index contributed by atoms with van der Waals surface area (Å²) in [6.07, 6.45) is 7.97. The zero-order valence-corrected chi connectivity index (χ0v) is 11.1. The van der Waals surface area contributed by atoms with Crippen LogP contribution in [0, 0.1) is 5.92 Å². The summed E-state index contributed by atoms with van der Waals surface area (Å²) in [6.45, 7) is 8.40. The van der Waals surface area contributed by atoms with Crippen molar-refractivity contribution in [2.75, 3.05) is 5.32 Å². The quantitative estimate of drug-likeness (QED) is 0.568. The first kappa shape index (κ1) is 12.9. The van der Waals surface area contributed by atoms with Gasteiger partial charge in [-0.25, -0.2) is 0 Å². The van der Waals surface area contributed by atoms with Crippen LogP contribution in [0.3, 0.4) is 0 Å². The van der Waals surface area contributed by atoms with Gasteiger partial charge in [0.2, 0.25) is 0 Å². The summed E-state index contributed by atoms with van der Waals surface area (Å²) in [5, 5.41) is 3.37. The SMILES string of the molecule is C=C(Nc1ccccc1)C(=C)C1CCCCCC1. The molecule has 0 atom stereocenters. The van der Waals surface area contributed by atoms with Gasteiger partial charge in [-0.05, 0) is 36.5 Å². The first-order valence-electron chi connectivity index (χ1n) is 6.97. The Bertz CT molecular complexity index is 397. The molecule has 0 radical (unpaired) electrons. The van der Waals surface area contributed by atoms with Gasteiger partial charge < -0.3 is 5.32 Å². The number of benzene rings is 1. The number of nitrogens with one attached hydrogen (secondary N) is 1. The fourth-order valence-corrected chi connectivity index (χ4v) is 2.65. The highest BCUT2D eigenvalue weighted by Gasteiger charge is 2.17. The van der Waals surface area contributed by atoms with Gasteiger partial charge in [0.25, 0.3) is 0 Å². The monoisotopic (exact) mass is 241 g/mol. The van der Waals surface area contributed by atoms with Crippen LogP contribution in [-0.4, -0.2) is 0 Å². The molecule has 96 valence electrons. The Morgan fingerprint density at radius 2 is 1.56 bits per heavy atom. The van der Waals surface area contributed by atoms with E-state index in [-0.39, 0.29) is 0 Å². The highest BCUT2D eigenvalue weighted by Crippen LogP contribution is 2.31. The number of allylic oxidation sites excluding steroid dienone is 1. The van der Waals surface area contributed by atoms with Crippen LogP contribution in [0.25, 0.3) is 0 Å². The van der Waals surface area contributed by atoms with Crippen LogP contribution < -0.4 is 5.32 Å². The average molecular weight is 241 g/mol. The lowest BCUT2D eigenvalue weighted by Gasteiger charge is -2.20. The zero-order valence-electron chi connectivity index (χ0n) is 11.1. The summed E-state index contributed by atoms with van der Waals surface area (Å²) in [4.78, 5) is 0. The number of anilines is 1. The molecule has 1 heteroatoms. The molecule has 2 rings (SSSR count). The summed E-state index contributed by atoms with van der Waals surface area (Å²) in [5.41, 5.74) is 3.27. The number of para-hydroxylation sites is 1. The van der Waals surface area contributed by atoms with Crippen LogP contribution in [0.5, 0.6) is 0 Å². The maximum absolute atomic E-state index is 4.25. The Balaban J connectivity index is 1.93. The van der Waals surface area contributed by atoms with Crippen molar-refractivity contribution >= 4 is 5.69 Å². The molecule has 0 aliphatic heterocycles. The maximum atomic E-state index is 4.25. The molecular weight excluding hydrogens is 218 g/mol. The molecule has 0 heterocycles. The zero-order chi connectivity index (χ0) is 12.8. The van der Waals surface area contributed by atoms with E-state index in [1.165, 1.54) is 44.1 Å². The number of hydrogen-bond acceptors (Lipinski definition) is 1. The minimum atomic E-state index is 0.621. The molecular formula is C17H23N. The Labute approximate surface area is 111 Å². The van der Waals surface area contributed by atoms with Crippen molar-refractivity contribution in [1.29, 1.82) is 0 Å². The molecule has 0 unspecified atom stereocenters. The molecule has 0 saturated heterocycles. The van der Waals surface area contributed by atoms with E-state index in [2.05, 4.69) is 30.6 Å². The minimum Gasteiger partial charge on any atom is -0.356 e. The Hall–Kier alpha value is -1.50. The number of hydrogen-bond donors (Lipinski definition) is 1. The molecule has 1 aliphatic carbocycles. The predicted molar refractivity (Wildman–Crippen MR) is 79.5 cm³/mol. The summed E-state index contributed by atoms with van der Waals surface area (Å²) < 4.78 is 0. The smallest absolute Gasteiger partial charge is 0.0384 e. The van der Waals surface area contributed by atoms with E-state index in [1.54, 1.807) is 0 Å². The standard InChI is InChI=1S/C17H23N/c1-14(16-10-6-3-4-7-11-16)15(2)18-17-12-8-5-9-13-17/h5,8-9,12-13,16,18H,1-4,6-7,10-11H2. The van der Waals surface area contributed by atoms with Gasteiger partial charge in [-0.1, -0.05) is 57.0 Å². The van der Waals surface area contributed by atoms with Gasteiger partial charge in [-0.3, -0.25) is 0 Å². The topological polar surface area (TPSA) is 12.0 Å². The summed E-state index contributed by atoms with van der Waals surface area (Å²) >= 11 is 0. The molecule has 0 spiro atoms. The lowest BCUT2D eigenvalue weighted by molar-refractivity contribution is 0.537. The van der Waals surface area contributed by atoms with Gasteiger partial charge in [-0.2, -0.15) is 0 Å². The number of rotatable bonds is 4. The van der Waals surface area contributed by atoms with E-state index in [1.807, 2.05) is 18.2 Å². The van der Waals surface area contributed by atoms with Crippen LogP contribution in [0.4, 0.5) is 5.69 Å². The van der Waals surface area contributed by atoms with Crippen molar-refractivity contribution in [2.24, 2.45) is 5.92 Å². The third kappa shape index (κ3) is 3.49. The van der Waals surface area contributed by atoms with Crippen molar-refractivity contribution in [1.82, 2.24) is 0 Å². The molecule has 1 fully saturated rings. The fourth-order valence-electron chi connectivity index (χ4n) is 2.65. The van der Waals surface area contributed by atoms with Crippen molar-refractivity contribution in [3.63, 3.8) is 0 Å². The molecule has 1 aromatic rings. The second kappa shape index (κ2) is 6.44. The normalized spacial score (nSPS) is 16.9. The highest BCUT2D eigenvalue weighted by atomic mass is 14.9. The van der Waals surface area contributed by atoms with Crippen LogP contribution in [0.1, 0.15) is 38.5 Å². The van der Waals surface area contributed by atoms with Crippen molar-refractivity contribution in [3.8, 4) is 0 Å². The molecule has 1 aliphatic rings. The maximum Gasteiger partial charge on any atom is 0.0384 e. The van der Waals surface area contributed by atoms with Crippen LogP contribution in [0.2, 0.25) is 0 Å². The van der Waals surface area contributed by atoms with E-state index in [0.29, 0.717) is 5.92 Å². The Kier molecular flexibility index (Phi) is 4.63. The average Bonchev–Trinajstić information content (AvgIpc) is 2.68. The molecule has 0 bridgehead atoms. The van der Waals surface area contributed by atoms with Crippen molar-refractivity contribution in [2.45, 2.75) is 38.5 Å². The first-order chi connectivity index (χ1) is 8.77. The Morgan fingerprint density at radius 1 is 0.944 bits per heavy atom. The molecule has 18 heavy (non-hydrogen) atoms. The van der Waals surface area contributed by atoms with E-state index in [9.17, 15) is 0 Å². The van der Waals surface area contributed by atoms with E-state index in [4.69, 9.17) is 0 Å². The largest absolute Gasteiger partial charge is 0.356 e. The first-order valence-corrected chi connectivity index (χ1v) is 6.97. The van der Waals surface area contributed by atoms with E-state index >= 15 is 0 Å².